The number of halogens is 1. The van der Waals surface area contributed by atoms with Crippen LogP contribution in [0.25, 0.3) is 0 Å². The summed E-state index contributed by atoms with van der Waals surface area (Å²) in [4.78, 5) is 25.9. The SMILES string of the molecule is CCN(CC(=O)Nc1ccc(C)cc1[N+](=O)[O-])Cc1ccc(Cl)s1. The van der Waals surface area contributed by atoms with Gasteiger partial charge in [-0.05, 0) is 37.2 Å². The van der Waals surface area contributed by atoms with Gasteiger partial charge in [0.25, 0.3) is 5.69 Å². The third-order valence-corrected chi connectivity index (χ3v) is 4.66. The van der Waals surface area contributed by atoms with Crippen LogP contribution in [0.2, 0.25) is 4.34 Å². The second-order valence-corrected chi connectivity index (χ2v) is 7.13. The molecule has 128 valence electrons. The maximum Gasteiger partial charge on any atom is 0.293 e. The molecule has 0 aliphatic rings. The molecule has 0 aliphatic heterocycles. The Bertz CT molecular complexity index is 748. The first-order chi connectivity index (χ1) is 11.4. The Morgan fingerprint density at radius 1 is 1.38 bits per heavy atom. The molecule has 2 rings (SSSR count). The molecule has 2 aromatic rings. The highest BCUT2D eigenvalue weighted by Gasteiger charge is 2.17. The van der Waals surface area contributed by atoms with Crippen LogP contribution in [0.1, 0.15) is 17.4 Å². The predicted octanol–water partition coefficient (Wildman–Crippen LogP) is 4.08. The van der Waals surface area contributed by atoms with E-state index in [1.807, 2.05) is 24.0 Å². The lowest BCUT2D eigenvalue weighted by Crippen LogP contribution is -2.32. The first-order valence-electron chi connectivity index (χ1n) is 7.40. The zero-order valence-electron chi connectivity index (χ0n) is 13.4. The number of likely N-dealkylation sites (N-methyl/N-ethyl adjacent to an activating group) is 1. The molecule has 0 atom stereocenters. The Hall–Kier alpha value is -1.96. The third kappa shape index (κ3) is 5.02. The van der Waals surface area contributed by atoms with Gasteiger partial charge in [-0.1, -0.05) is 24.6 Å². The summed E-state index contributed by atoms with van der Waals surface area (Å²) in [6.45, 7) is 5.16. The molecule has 1 amide bonds. The first-order valence-corrected chi connectivity index (χ1v) is 8.60. The number of carbonyl (C=O) groups excluding carboxylic acids is 1. The van der Waals surface area contributed by atoms with Crippen molar-refractivity contribution in [2.24, 2.45) is 0 Å². The molecule has 1 heterocycles. The second-order valence-electron chi connectivity index (χ2n) is 5.33. The van der Waals surface area contributed by atoms with Gasteiger partial charge < -0.3 is 5.32 Å². The molecule has 0 radical (unpaired) electrons. The number of rotatable bonds is 7. The molecule has 0 aliphatic carbocycles. The van der Waals surface area contributed by atoms with E-state index in [0.717, 1.165) is 10.4 Å². The van der Waals surface area contributed by atoms with Gasteiger partial charge in [0.05, 0.1) is 15.8 Å². The van der Waals surface area contributed by atoms with Crippen molar-refractivity contribution < 1.29 is 9.72 Å². The van der Waals surface area contributed by atoms with E-state index in [1.165, 1.54) is 17.4 Å². The standard InChI is InChI=1S/C16H18ClN3O3S/c1-3-19(9-12-5-7-15(17)24-12)10-16(21)18-13-6-4-11(2)8-14(13)20(22)23/h4-8H,3,9-10H2,1-2H3,(H,18,21). The van der Waals surface area contributed by atoms with Crippen molar-refractivity contribution in [3.63, 3.8) is 0 Å². The highest BCUT2D eigenvalue weighted by atomic mass is 35.5. The second kappa shape index (κ2) is 8.23. The van der Waals surface area contributed by atoms with Crippen molar-refractivity contribution in [2.75, 3.05) is 18.4 Å². The number of amides is 1. The molecule has 6 nitrogen and oxygen atoms in total. The first kappa shape index (κ1) is 18.4. The number of hydrogen-bond acceptors (Lipinski definition) is 5. The van der Waals surface area contributed by atoms with E-state index in [2.05, 4.69) is 5.32 Å². The van der Waals surface area contributed by atoms with Crippen molar-refractivity contribution in [1.82, 2.24) is 4.90 Å². The van der Waals surface area contributed by atoms with E-state index in [9.17, 15) is 14.9 Å². The summed E-state index contributed by atoms with van der Waals surface area (Å²) in [6, 6.07) is 8.49. The van der Waals surface area contributed by atoms with Crippen molar-refractivity contribution >= 4 is 40.2 Å². The van der Waals surface area contributed by atoms with E-state index in [-0.39, 0.29) is 23.8 Å². The van der Waals surface area contributed by atoms with Crippen LogP contribution >= 0.6 is 22.9 Å². The highest BCUT2D eigenvalue weighted by molar-refractivity contribution is 7.16. The van der Waals surface area contributed by atoms with Crippen LogP contribution in [0.4, 0.5) is 11.4 Å². The summed E-state index contributed by atoms with van der Waals surface area (Å²) in [5.41, 5.74) is 0.881. The van der Waals surface area contributed by atoms with E-state index < -0.39 is 4.92 Å². The number of benzene rings is 1. The monoisotopic (exact) mass is 367 g/mol. The normalized spacial score (nSPS) is 10.8. The lowest BCUT2D eigenvalue weighted by Gasteiger charge is -2.19. The van der Waals surface area contributed by atoms with Gasteiger partial charge >= 0.3 is 0 Å². The van der Waals surface area contributed by atoms with Crippen molar-refractivity contribution in [3.05, 3.63) is 55.2 Å². The van der Waals surface area contributed by atoms with Crippen molar-refractivity contribution in [1.29, 1.82) is 0 Å². The van der Waals surface area contributed by atoms with Crippen LogP contribution in [0.3, 0.4) is 0 Å². The minimum Gasteiger partial charge on any atom is -0.319 e. The van der Waals surface area contributed by atoms with Gasteiger partial charge in [-0.3, -0.25) is 19.8 Å². The quantitative estimate of drug-likeness (QED) is 0.591. The van der Waals surface area contributed by atoms with Gasteiger partial charge in [-0.15, -0.1) is 11.3 Å². The zero-order chi connectivity index (χ0) is 17.7. The number of carbonyl (C=O) groups is 1. The molecular formula is C16H18ClN3O3S. The number of nitrogens with one attached hydrogen (secondary N) is 1. The summed E-state index contributed by atoms with van der Waals surface area (Å²) < 4.78 is 0.709. The van der Waals surface area contributed by atoms with Gasteiger partial charge in [-0.25, -0.2) is 0 Å². The number of aryl methyl sites for hydroxylation is 1. The molecule has 24 heavy (non-hydrogen) atoms. The Morgan fingerprint density at radius 2 is 2.12 bits per heavy atom. The van der Waals surface area contributed by atoms with Gasteiger partial charge in [0.2, 0.25) is 5.91 Å². The van der Waals surface area contributed by atoms with Gasteiger partial charge in [0, 0.05) is 17.5 Å². The molecular weight excluding hydrogens is 350 g/mol. The predicted molar refractivity (Wildman–Crippen MR) is 96.7 cm³/mol. The fourth-order valence-electron chi connectivity index (χ4n) is 2.23. The number of nitrogens with zero attached hydrogens (tertiary/aromatic N) is 2. The van der Waals surface area contributed by atoms with Crippen LogP contribution in [0.5, 0.6) is 0 Å². The largest absolute Gasteiger partial charge is 0.319 e. The van der Waals surface area contributed by atoms with Gasteiger partial charge in [0.1, 0.15) is 5.69 Å². The maximum absolute atomic E-state index is 12.2. The molecule has 0 bridgehead atoms. The van der Waals surface area contributed by atoms with Crippen molar-refractivity contribution in [3.8, 4) is 0 Å². The Kier molecular flexibility index (Phi) is 6.30. The van der Waals surface area contributed by atoms with Crippen molar-refractivity contribution in [2.45, 2.75) is 20.4 Å². The van der Waals surface area contributed by atoms with E-state index in [1.54, 1.807) is 19.1 Å². The molecule has 0 saturated carbocycles. The minimum absolute atomic E-state index is 0.101. The summed E-state index contributed by atoms with van der Waals surface area (Å²) in [5, 5.41) is 13.7. The van der Waals surface area contributed by atoms with Gasteiger partial charge in [0.15, 0.2) is 0 Å². The molecule has 1 aromatic heterocycles. The number of hydrogen-bond donors (Lipinski definition) is 1. The van der Waals surface area contributed by atoms with Crippen LogP contribution in [0.15, 0.2) is 30.3 Å². The summed E-state index contributed by atoms with van der Waals surface area (Å²) in [7, 11) is 0. The smallest absolute Gasteiger partial charge is 0.293 e. The van der Waals surface area contributed by atoms with Crippen LogP contribution in [-0.4, -0.2) is 28.8 Å². The number of nitro benzene ring substituents is 1. The fraction of sp³-hybridized carbons (Fsp3) is 0.312. The average molecular weight is 368 g/mol. The fourth-order valence-corrected chi connectivity index (χ4v) is 3.36. The highest BCUT2D eigenvalue weighted by Crippen LogP contribution is 2.25. The molecule has 0 fully saturated rings. The Balaban J connectivity index is 2.02. The summed E-state index contributed by atoms with van der Waals surface area (Å²) >= 11 is 7.39. The minimum atomic E-state index is -0.492. The summed E-state index contributed by atoms with van der Waals surface area (Å²) in [6.07, 6.45) is 0. The number of nitro groups is 1. The zero-order valence-corrected chi connectivity index (χ0v) is 15.0. The Morgan fingerprint density at radius 3 is 2.71 bits per heavy atom. The van der Waals surface area contributed by atoms with Gasteiger partial charge in [-0.2, -0.15) is 0 Å². The molecule has 0 unspecified atom stereocenters. The molecule has 1 aromatic carbocycles. The number of anilines is 1. The summed E-state index contributed by atoms with van der Waals surface area (Å²) in [5.74, 6) is -0.286. The molecule has 8 heteroatoms. The number of thiophene rings is 1. The van der Waals surface area contributed by atoms with Crippen LogP contribution < -0.4 is 5.32 Å². The maximum atomic E-state index is 12.2. The third-order valence-electron chi connectivity index (χ3n) is 3.45. The molecule has 0 saturated heterocycles. The van der Waals surface area contributed by atoms with E-state index >= 15 is 0 Å². The topological polar surface area (TPSA) is 75.5 Å². The molecule has 1 N–H and O–H groups in total. The van der Waals surface area contributed by atoms with Crippen LogP contribution in [0, 0.1) is 17.0 Å². The van der Waals surface area contributed by atoms with E-state index in [0.29, 0.717) is 17.4 Å². The lowest BCUT2D eigenvalue weighted by molar-refractivity contribution is -0.384. The Labute approximate surface area is 149 Å². The molecule has 0 spiro atoms. The lowest BCUT2D eigenvalue weighted by atomic mass is 10.2. The van der Waals surface area contributed by atoms with E-state index in [4.69, 9.17) is 11.6 Å². The average Bonchev–Trinajstić information content (AvgIpc) is 2.93. The van der Waals surface area contributed by atoms with Crippen LogP contribution in [-0.2, 0) is 11.3 Å².